The van der Waals surface area contributed by atoms with Crippen molar-refractivity contribution in [2.75, 3.05) is 13.2 Å². The molecule has 3 rings (SSSR count). The maximum Gasteiger partial charge on any atom is 0.258 e. The third-order valence-electron chi connectivity index (χ3n) is 4.96. The highest BCUT2D eigenvalue weighted by atomic mass is 16.5. The minimum atomic E-state index is -0.622. The van der Waals surface area contributed by atoms with E-state index in [9.17, 15) is 4.79 Å². The molecule has 3 aromatic rings. The lowest BCUT2D eigenvalue weighted by atomic mass is 10.1. The Morgan fingerprint density at radius 2 is 1.78 bits per heavy atom. The molecule has 170 valence electrons. The fourth-order valence-corrected chi connectivity index (χ4v) is 3.37. The number of carbonyl (C=O) groups excluding carboxylic acids is 1. The fourth-order valence-electron chi connectivity index (χ4n) is 3.37. The van der Waals surface area contributed by atoms with Gasteiger partial charge in [-0.05, 0) is 43.4 Å². The SMILES string of the molecule is Cc1cc(-c2nc(-c3ccc(CCC(=O)NC(CO)CO)cc3)no2)cc(CC(C)C)n1. The largest absolute Gasteiger partial charge is 0.394 e. The number of hydrogen-bond acceptors (Lipinski definition) is 7. The molecule has 1 aromatic carbocycles. The van der Waals surface area contributed by atoms with Crippen molar-refractivity contribution in [2.45, 2.75) is 46.1 Å². The number of amides is 1. The predicted molar refractivity (Wildman–Crippen MR) is 121 cm³/mol. The second-order valence-corrected chi connectivity index (χ2v) is 8.34. The van der Waals surface area contributed by atoms with Gasteiger partial charge in [-0.3, -0.25) is 9.78 Å². The molecule has 0 aliphatic carbocycles. The van der Waals surface area contributed by atoms with Gasteiger partial charge >= 0.3 is 0 Å². The van der Waals surface area contributed by atoms with Gasteiger partial charge in [0, 0.05) is 28.9 Å². The molecule has 2 heterocycles. The monoisotopic (exact) mass is 438 g/mol. The molecule has 32 heavy (non-hydrogen) atoms. The second-order valence-electron chi connectivity index (χ2n) is 8.34. The van der Waals surface area contributed by atoms with Crippen LogP contribution in [0.1, 0.15) is 37.2 Å². The van der Waals surface area contributed by atoms with Crippen LogP contribution >= 0.6 is 0 Å². The Kier molecular flexibility index (Phi) is 8.08. The van der Waals surface area contributed by atoms with Crippen LogP contribution in [-0.2, 0) is 17.6 Å². The standard InChI is InChI=1S/C24H30N4O4/c1-15(2)10-20-12-19(11-16(3)25-20)24-27-23(28-32-24)18-7-4-17(5-8-18)6-9-22(31)26-21(13-29)14-30/h4-5,7-8,11-12,15,21,29-30H,6,9-10,13-14H2,1-3H3,(H,26,31). The first-order valence-corrected chi connectivity index (χ1v) is 10.8. The van der Waals surface area contributed by atoms with E-state index in [1.54, 1.807) is 0 Å². The summed E-state index contributed by atoms with van der Waals surface area (Å²) in [6.07, 6.45) is 1.69. The van der Waals surface area contributed by atoms with Crippen LogP contribution in [0, 0.1) is 12.8 Å². The highest BCUT2D eigenvalue weighted by Crippen LogP contribution is 2.24. The van der Waals surface area contributed by atoms with Crippen molar-refractivity contribution in [3.63, 3.8) is 0 Å². The lowest BCUT2D eigenvalue weighted by Crippen LogP contribution is -2.40. The molecule has 8 heteroatoms. The van der Waals surface area contributed by atoms with Gasteiger partial charge in [-0.15, -0.1) is 0 Å². The molecule has 2 aromatic heterocycles. The number of pyridine rings is 1. The Morgan fingerprint density at radius 1 is 1.06 bits per heavy atom. The number of carbonyl (C=O) groups is 1. The van der Waals surface area contributed by atoms with E-state index < -0.39 is 6.04 Å². The van der Waals surface area contributed by atoms with E-state index in [1.165, 1.54) is 0 Å². The molecule has 0 spiro atoms. The topological polar surface area (TPSA) is 121 Å². The van der Waals surface area contributed by atoms with Crippen LogP contribution in [-0.4, -0.2) is 50.5 Å². The van der Waals surface area contributed by atoms with Gasteiger partial charge in [0.25, 0.3) is 5.89 Å². The maximum absolute atomic E-state index is 11.9. The summed E-state index contributed by atoms with van der Waals surface area (Å²) < 4.78 is 5.50. The van der Waals surface area contributed by atoms with Crippen molar-refractivity contribution in [3.05, 3.63) is 53.3 Å². The molecule has 0 bridgehead atoms. The van der Waals surface area contributed by atoms with Crippen LogP contribution in [0.15, 0.2) is 40.9 Å². The van der Waals surface area contributed by atoms with Gasteiger partial charge in [-0.25, -0.2) is 0 Å². The Balaban J connectivity index is 1.65. The molecule has 0 aliphatic rings. The molecule has 8 nitrogen and oxygen atoms in total. The van der Waals surface area contributed by atoms with Crippen molar-refractivity contribution < 1.29 is 19.5 Å². The molecule has 3 N–H and O–H groups in total. The first-order valence-electron chi connectivity index (χ1n) is 10.8. The Hall–Kier alpha value is -3.10. The lowest BCUT2D eigenvalue weighted by molar-refractivity contribution is -0.122. The number of nitrogens with one attached hydrogen (secondary N) is 1. The Labute approximate surface area is 187 Å². The summed E-state index contributed by atoms with van der Waals surface area (Å²) >= 11 is 0. The summed E-state index contributed by atoms with van der Waals surface area (Å²) in [6.45, 7) is 5.69. The van der Waals surface area contributed by atoms with Gasteiger partial charge in [0.2, 0.25) is 11.7 Å². The van der Waals surface area contributed by atoms with E-state index in [0.717, 1.165) is 34.5 Å². The van der Waals surface area contributed by atoms with Crippen LogP contribution in [0.4, 0.5) is 0 Å². The Morgan fingerprint density at radius 3 is 2.44 bits per heavy atom. The van der Waals surface area contributed by atoms with E-state index in [4.69, 9.17) is 14.7 Å². The van der Waals surface area contributed by atoms with Crippen LogP contribution in [0.3, 0.4) is 0 Å². The zero-order chi connectivity index (χ0) is 23.1. The summed E-state index contributed by atoms with van der Waals surface area (Å²) in [6, 6.07) is 11.0. The molecule has 0 atom stereocenters. The summed E-state index contributed by atoms with van der Waals surface area (Å²) in [4.78, 5) is 21.0. The van der Waals surface area contributed by atoms with Crippen molar-refractivity contribution in [1.82, 2.24) is 20.4 Å². The molecule has 0 aliphatic heterocycles. The van der Waals surface area contributed by atoms with E-state index in [1.807, 2.05) is 43.3 Å². The average Bonchev–Trinajstić information content (AvgIpc) is 3.26. The second kappa shape index (κ2) is 11.0. The normalized spacial score (nSPS) is 11.3. The summed E-state index contributed by atoms with van der Waals surface area (Å²) in [5.41, 5.74) is 4.59. The number of hydrogen-bond donors (Lipinski definition) is 3. The summed E-state index contributed by atoms with van der Waals surface area (Å²) in [5, 5.41) is 24.8. The Bertz CT molecular complexity index is 1030. The van der Waals surface area contributed by atoms with E-state index >= 15 is 0 Å². The van der Waals surface area contributed by atoms with E-state index in [2.05, 4.69) is 34.3 Å². The smallest absolute Gasteiger partial charge is 0.258 e. The van der Waals surface area contributed by atoms with Crippen molar-refractivity contribution in [1.29, 1.82) is 0 Å². The first-order chi connectivity index (χ1) is 15.4. The average molecular weight is 439 g/mol. The molecule has 1 amide bonds. The van der Waals surface area contributed by atoms with Crippen molar-refractivity contribution in [3.8, 4) is 22.8 Å². The van der Waals surface area contributed by atoms with Crippen LogP contribution in [0.25, 0.3) is 22.8 Å². The summed E-state index contributed by atoms with van der Waals surface area (Å²) in [5.74, 6) is 1.25. The van der Waals surface area contributed by atoms with Gasteiger partial charge in [-0.2, -0.15) is 4.98 Å². The maximum atomic E-state index is 11.9. The van der Waals surface area contributed by atoms with E-state index in [0.29, 0.717) is 24.1 Å². The zero-order valence-electron chi connectivity index (χ0n) is 18.7. The molecule has 0 unspecified atom stereocenters. The van der Waals surface area contributed by atoms with Gasteiger partial charge in [0.1, 0.15) is 0 Å². The molecule has 0 saturated heterocycles. The van der Waals surface area contributed by atoms with Gasteiger partial charge in [0.05, 0.1) is 19.3 Å². The fraction of sp³-hybridized carbons (Fsp3) is 0.417. The molecular formula is C24H30N4O4. The van der Waals surface area contributed by atoms with Crippen LogP contribution in [0.2, 0.25) is 0 Å². The molecule has 0 saturated carbocycles. The molecular weight excluding hydrogens is 408 g/mol. The minimum absolute atomic E-state index is 0.213. The predicted octanol–water partition coefficient (Wildman–Crippen LogP) is 2.71. The van der Waals surface area contributed by atoms with Gasteiger partial charge in [-0.1, -0.05) is 43.3 Å². The van der Waals surface area contributed by atoms with Crippen LogP contribution in [0.5, 0.6) is 0 Å². The van der Waals surface area contributed by atoms with Crippen LogP contribution < -0.4 is 5.32 Å². The number of aryl methyl sites for hydroxylation is 2. The number of aliphatic hydroxyl groups is 2. The zero-order valence-corrected chi connectivity index (χ0v) is 18.7. The van der Waals surface area contributed by atoms with Gasteiger partial charge in [0.15, 0.2) is 0 Å². The van der Waals surface area contributed by atoms with E-state index in [-0.39, 0.29) is 25.5 Å². The number of benzene rings is 1. The molecule has 0 fully saturated rings. The third kappa shape index (κ3) is 6.45. The van der Waals surface area contributed by atoms with Crippen molar-refractivity contribution in [2.24, 2.45) is 5.92 Å². The number of nitrogens with zero attached hydrogens (tertiary/aromatic N) is 3. The van der Waals surface area contributed by atoms with Crippen molar-refractivity contribution >= 4 is 5.91 Å². The van der Waals surface area contributed by atoms with Gasteiger partial charge < -0.3 is 20.1 Å². The third-order valence-corrected chi connectivity index (χ3v) is 4.96. The lowest BCUT2D eigenvalue weighted by Gasteiger charge is -2.13. The summed E-state index contributed by atoms with van der Waals surface area (Å²) in [7, 11) is 0. The quantitative estimate of drug-likeness (QED) is 0.445. The first kappa shape index (κ1) is 23.6. The molecule has 0 radical (unpaired) electrons. The number of rotatable bonds is 10. The number of aromatic nitrogens is 3. The highest BCUT2D eigenvalue weighted by molar-refractivity contribution is 5.76. The highest BCUT2D eigenvalue weighted by Gasteiger charge is 2.14. The number of aliphatic hydroxyl groups excluding tert-OH is 2. The minimum Gasteiger partial charge on any atom is -0.394 e.